The second-order valence-corrected chi connectivity index (χ2v) is 6.84. The summed E-state index contributed by atoms with van der Waals surface area (Å²) < 4.78 is 41.5. The number of rotatable bonds is 2. The zero-order valence-electron chi connectivity index (χ0n) is 15.0. The number of anilines is 2. The first kappa shape index (κ1) is 18.8. The van der Waals surface area contributed by atoms with Gasteiger partial charge in [-0.3, -0.25) is 9.48 Å². The van der Waals surface area contributed by atoms with Gasteiger partial charge in [0.15, 0.2) is 17.5 Å². The van der Waals surface area contributed by atoms with E-state index in [4.69, 9.17) is 5.26 Å². The lowest BCUT2D eigenvalue weighted by Gasteiger charge is -2.29. The lowest BCUT2D eigenvalue weighted by atomic mass is 10.1. The summed E-state index contributed by atoms with van der Waals surface area (Å²) in [6.07, 6.45) is 1.66. The van der Waals surface area contributed by atoms with Crippen LogP contribution in [0.5, 0.6) is 0 Å². The number of nitrogens with zero attached hydrogens (tertiary/aromatic N) is 5. The van der Waals surface area contributed by atoms with Crippen molar-refractivity contribution in [1.82, 2.24) is 14.7 Å². The first-order valence-electron chi connectivity index (χ1n) is 8.82. The van der Waals surface area contributed by atoms with E-state index in [2.05, 4.69) is 16.5 Å². The molecule has 1 unspecified atom stereocenters. The number of hydrogen-bond donors (Lipinski definition) is 1. The van der Waals surface area contributed by atoms with Crippen LogP contribution >= 0.6 is 0 Å². The number of nitriles is 1. The van der Waals surface area contributed by atoms with E-state index < -0.39 is 29.4 Å². The topological polar surface area (TPSA) is 94.3 Å². The van der Waals surface area contributed by atoms with E-state index in [1.807, 2.05) is 0 Å². The van der Waals surface area contributed by atoms with Gasteiger partial charge in [-0.15, -0.1) is 0 Å². The molecule has 1 aromatic carbocycles. The third kappa shape index (κ3) is 3.37. The van der Waals surface area contributed by atoms with Crippen LogP contribution in [-0.2, 0) is 17.9 Å². The fourth-order valence-electron chi connectivity index (χ4n) is 3.49. The predicted octanol–water partition coefficient (Wildman–Crippen LogP) is 2.22. The van der Waals surface area contributed by atoms with Crippen LogP contribution in [0.25, 0.3) is 0 Å². The Balaban J connectivity index is 1.52. The molecule has 0 radical (unpaired) electrons. The number of carbonyl (C=O) groups excluding carboxylic acids is 2. The Bertz CT molecular complexity index is 1020. The standard InChI is InChI=1S/C18H15F3N6O2/c19-12-4-11(5-13(20)17(12)21)24-18(29)25-1-2-27-15(9-25)14(7-23-27)26-8-10(6-22)3-16(26)28/h4-5,7,10H,1-3,8-9H2,(H,24,29). The molecule has 8 nitrogen and oxygen atoms in total. The molecule has 1 fully saturated rings. The van der Waals surface area contributed by atoms with Crippen LogP contribution in [0.15, 0.2) is 18.3 Å². The fourth-order valence-corrected chi connectivity index (χ4v) is 3.49. The van der Waals surface area contributed by atoms with E-state index in [1.165, 1.54) is 16.0 Å². The zero-order valence-corrected chi connectivity index (χ0v) is 15.0. The molecule has 2 aliphatic rings. The molecule has 3 amide bonds. The predicted molar refractivity (Wildman–Crippen MR) is 94.0 cm³/mol. The molecule has 2 aromatic rings. The van der Waals surface area contributed by atoms with Gasteiger partial charge >= 0.3 is 6.03 Å². The number of nitrogens with one attached hydrogen (secondary N) is 1. The Morgan fingerprint density at radius 1 is 1.24 bits per heavy atom. The van der Waals surface area contributed by atoms with Gasteiger partial charge in [0.05, 0.1) is 42.7 Å². The van der Waals surface area contributed by atoms with Crippen molar-refractivity contribution in [2.75, 3.05) is 23.3 Å². The Hall–Kier alpha value is -3.55. The van der Waals surface area contributed by atoms with E-state index in [-0.39, 0.29) is 37.6 Å². The normalized spacial score (nSPS) is 18.6. The molecule has 0 bridgehead atoms. The average Bonchev–Trinajstić information content (AvgIpc) is 3.28. The summed E-state index contributed by atoms with van der Waals surface area (Å²) in [5, 5.41) is 15.6. The number of urea groups is 1. The third-order valence-corrected chi connectivity index (χ3v) is 4.97. The number of halogens is 3. The van der Waals surface area contributed by atoms with Crippen LogP contribution in [0.3, 0.4) is 0 Å². The van der Waals surface area contributed by atoms with E-state index in [9.17, 15) is 22.8 Å². The second-order valence-electron chi connectivity index (χ2n) is 6.84. The molecule has 11 heteroatoms. The summed E-state index contributed by atoms with van der Waals surface area (Å²) in [4.78, 5) is 27.6. The van der Waals surface area contributed by atoms with Gasteiger partial charge in [-0.1, -0.05) is 0 Å². The van der Waals surface area contributed by atoms with E-state index in [0.29, 0.717) is 30.1 Å². The Morgan fingerprint density at radius 2 is 1.97 bits per heavy atom. The van der Waals surface area contributed by atoms with Gasteiger partial charge in [-0.25, -0.2) is 18.0 Å². The van der Waals surface area contributed by atoms with Crippen LogP contribution in [0.1, 0.15) is 12.1 Å². The van der Waals surface area contributed by atoms with Crippen LogP contribution in [0.2, 0.25) is 0 Å². The number of benzene rings is 1. The van der Waals surface area contributed by atoms with Gasteiger partial charge in [0.2, 0.25) is 5.91 Å². The Labute approximate surface area is 163 Å². The quantitative estimate of drug-likeness (QED) is 0.777. The maximum atomic E-state index is 13.4. The highest BCUT2D eigenvalue weighted by Crippen LogP contribution is 2.30. The molecule has 1 saturated heterocycles. The Morgan fingerprint density at radius 3 is 2.62 bits per heavy atom. The molecule has 29 heavy (non-hydrogen) atoms. The highest BCUT2D eigenvalue weighted by Gasteiger charge is 2.35. The highest BCUT2D eigenvalue weighted by molar-refractivity contribution is 5.96. The molecular formula is C18H15F3N6O2. The minimum atomic E-state index is -1.61. The van der Waals surface area contributed by atoms with Gasteiger partial charge in [0.25, 0.3) is 0 Å². The first-order chi connectivity index (χ1) is 13.9. The van der Waals surface area contributed by atoms with Gasteiger partial charge in [0, 0.05) is 37.3 Å². The molecule has 1 N–H and O–H groups in total. The summed E-state index contributed by atoms with van der Waals surface area (Å²) in [5.74, 6) is -5.01. The molecular weight excluding hydrogens is 389 g/mol. The number of hydrogen-bond acceptors (Lipinski definition) is 4. The molecule has 2 aliphatic heterocycles. The minimum absolute atomic E-state index is 0.105. The van der Waals surface area contributed by atoms with Gasteiger partial charge in [-0.05, 0) is 0 Å². The van der Waals surface area contributed by atoms with E-state index in [1.54, 1.807) is 4.68 Å². The van der Waals surface area contributed by atoms with Crippen molar-refractivity contribution in [3.8, 4) is 6.07 Å². The average molecular weight is 404 g/mol. The molecule has 0 aliphatic carbocycles. The molecule has 1 aromatic heterocycles. The van der Waals surface area contributed by atoms with E-state index >= 15 is 0 Å². The first-order valence-corrected chi connectivity index (χ1v) is 8.82. The van der Waals surface area contributed by atoms with Gasteiger partial charge in [-0.2, -0.15) is 10.4 Å². The van der Waals surface area contributed by atoms with Crippen LogP contribution in [0, 0.1) is 34.7 Å². The summed E-state index contributed by atoms with van der Waals surface area (Å²) >= 11 is 0. The highest BCUT2D eigenvalue weighted by atomic mass is 19.2. The Kier molecular flexibility index (Phi) is 4.62. The summed E-state index contributed by atoms with van der Waals surface area (Å²) in [6, 6.07) is 2.84. The maximum Gasteiger partial charge on any atom is 0.322 e. The largest absolute Gasteiger partial charge is 0.322 e. The molecule has 4 rings (SSSR count). The van der Waals surface area contributed by atoms with Crippen molar-refractivity contribution < 1.29 is 22.8 Å². The maximum absolute atomic E-state index is 13.4. The van der Waals surface area contributed by atoms with Gasteiger partial charge in [0.1, 0.15) is 0 Å². The summed E-state index contributed by atoms with van der Waals surface area (Å²) in [5.41, 5.74) is 0.941. The third-order valence-electron chi connectivity index (χ3n) is 4.97. The van der Waals surface area contributed by atoms with Crippen LogP contribution < -0.4 is 10.2 Å². The minimum Gasteiger partial charge on any atom is -0.317 e. The molecule has 0 saturated carbocycles. The number of carbonyl (C=O) groups is 2. The van der Waals surface area contributed by atoms with E-state index in [0.717, 1.165) is 0 Å². The number of amides is 3. The summed E-state index contributed by atoms with van der Waals surface area (Å²) in [6.45, 7) is 1.00. The van der Waals surface area contributed by atoms with Crippen molar-refractivity contribution in [2.24, 2.45) is 5.92 Å². The second kappa shape index (κ2) is 7.12. The van der Waals surface area contributed by atoms with Crippen molar-refractivity contribution in [2.45, 2.75) is 19.5 Å². The lowest BCUT2D eigenvalue weighted by Crippen LogP contribution is -2.41. The van der Waals surface area contributed by atoms with Crippen molar-refractivity contribution in [1.29, 1.82) is 5.26 Å². The lowest BCUT2D eigenvalue weighted by molar-refractivity contribution is -0.117. The molecule has 1 atom stereocenters. The van der Waals surface area contributed by atoms with Crippen LogP contribution in [0.4, 0.5) is 29.3 Å². The zero-order chi connectivity index (χ0) is 20.7. The van der Waals surface area contributed by atoms with Crippen molar-refractivity contribution in [3.05, 3.63) is 41.5 Å². The molecule has 150 valence electrons. The molecule has 0 spiro atoms. The fraction of sp³-hybridized carbons (Fsp3) is 0.333. The van der Waals surface area contributed by atoms with Crippen molar-refractivity contribution in [3.63, 3.8) is 0 Å². The van der Waals surface area contributed by atoms with Crippen molar-refractivity contribution >= 4 is 23.3 Å². The summed E-state index contributed by atoms with van der Waals surface area (Å²) in [7, 11) is 0. The monoisotopic (exact) mass is 404 g/mol. The number of aromatic nitrogens is 2. The molecule has 3 heterocycles. The smallest absolute Gasteiger partial charge is 0.317 e. The van der Waals surface area contributed by atoms with Gasteiger partial charge < -0.3 is 15.1 Å². The van der Waals surface area contributed by atoms with Crippen LogP contribution in [-0.4, -0.2) is 39.7 Å². The number of fused-ring (bicyclic) bond motifs is 1. The SMILES string of the molecule is N#CC1CC(=O)N(c2cnn3c2CN(C(=O)Nc2cc(F)c(F)c(F)c2)CC3)C1.